The van der Waals surface area contributed by atoms with E-state index in [1.54, 1.807) is 19.2 Å². The molecule has 0 aliphatic rings. The number of nitrogens with one attached hydrogen (secondary N) is 1. The number of ether oxygens (including phenoxy) is 1. The van der Waals surface area contributed by atoms with Crippen LogP contribution in [0.1, 0.15) is 11.1 Å². The van der Waals surface area contributed by atoms with E-state index < -0.39 is 17.6 Å². The van der Waals surface area contributed by atoms with Crippen LogP contribution in [-0.2, 0) is 11.0 Å². The SMILES string of the molecule is COc1ccc(-n2c(SCC(=O)N/N=C\c3ccccc3C(F)(F)F)nnc2-c2ccccc2)cc1. The van der Waals surface area contributed by atoms with Gasteiger partial charge in [-0.1, -0.05) is 60.3 Å². The maximum atomic E-state index is 13.1. The third-order valence-electron chi connectivity index (χ3n) is 4.99. The number of halogens is 3. The Morgan fingerprint density at radius 1 is 1.03 bits per heavy atom. The number of benzene rings is 3. The number of hydrogen-bond donors (Lipinski definition) is 1. The van der Waals surface area contributed by atoms with Gasteiger partial charge in [0.2, 0.25) is 0 Å². The van der Waals surface area contributed by atoms with Crippen molar-refractivity contribution in [1.82, 2.24) is 20.2 Å². The van der Waals surface area contributed by atoms with Crippen LogP contribution in [0.2, 0.25) is 0 Å². The van der Waals surface area contributed by atoms with Crippen LogP contribution in [0.4, 0.5) is 13.2 Å². The van der Waals surface area contributed by atoms with Gasteiger partial charge in [0.05, 0.1) is 24.6 Å². The average Bonchev–Trinajstić information content (AvgIpc) is 3.32. The first-order valence-electron chi connectivity index (χ1n) is 10.6. The van der Waals surface area contributed by atoms with Gasteiger partial charge >= 0.3 is 6.18 Å². The molecule has 184 valence electrons. The van der Waals surface area contributed by atoms with E-state index >= 15 is 0 Å². The highest BCUT2D eigenvalue weighted by Gasteiger charge is 2.32. The normalized spacial score (nSPS) is 11.6. The Morgan fingerprint density at radius 2 is 1.72 bits per heavy atom. The van der Waals surface area contributed by atoms with Gasteiger partial charge in [-0.15, -0.1) is 10.2 Å². The van der Waals surface area contributed by atoms with E-state index in [1.165, 1.54) is 18.2 Å². The number of methoxy groups -OCH3 is 1. The standard InChI is InChI=1S/C25H20F3N5O2S/c1-35-20-13-11-19(12-14-20)33-23(17-7-3-2-4-8-17)31-32-24(33)36-16-22(34)30-29-15-18-9-5-6-10-21(18)25(26,27)28/h2-15H,16H2,1H3,(H,30,34)/b29-15-. The Balaban J connectivity index is 1.50. The van der Waals surface area contributed by atoms with Crippen LogP contribution < -0.4 is 10.2 Å². The number of nitrogens with zero attached hydrogens (tertiary/aromatic N) is 4. The lowest BCUT2D eigenvalue weighted by molar-refractivity contribution is -0.137. The van der Waals surface area contributed by atoms with Gasteiger partial charge in [-0.2, -0.15) is 18.3 Å². The van der Waals surface area contributed by atoms with Crippen LogP contribution in [0, 0.1) is 0 Å². The smallest absolute Gasteiger partial charge is 0.417 e. The Bertz CT molecular complexity index is 1360. The number of carbonyl (C=O) groups excluding carboxylic acids is 1. The van der Waals surface area contributed by atoms with E-state index in [0.29, 0.717) is 16.7 Å². The summed E-state index contributed by atoms with van der Waals surface area (Å²) in [5.74, 6) is 0.685. The molecule has 0 radical (unpaired) electrons. The zero-order chi connectivity index (χ0) is 25.5. The topological polar surface area (TPSA) is 81.4 Å². The summed E-state index contributed by atoms with van der Waals surface area (Å²) < 4.78 is 46.4. The molecule has 0 fully saturated rings. The van der Waals surface area contributed by atoms with Gasteiger partial charge in [-0.25, -0.2) is 5.43 Å². The van der Waals surface area contributed by atoms with Crippen molar-refractivity contribution in [2.45, 2.75) is 11.3 Å². The highest BCUT2D eigenvalue weighted by molar-refractivity contribution is 7.99. The van der Waals surface area contributed by atoms with Crippen LogP contribution >= 0.6 is 11.8 Å². The lowest BCUT2D eigenvalue weighted by Gasteiger charge is -2.11. The Morgan fingerprint density at radius 3 is 2.42 bits per heavy atom. The molecule has 0 aliphatic carbocycles. The molecular formula is C25H20F3N5O2S. The third-order valence-corrected chi connectivity index (χ3v) is 5.92. The number of hydrazone groups is 1. The first kappa shape index (κ1) is 25.0. The third kappa shape index (κ3) is 5.92. The van der Waals surface area contributed by atoms with Crippen molar-refractivity contribution in [3.8, 4) is 22.8 Å². The molecule has 1 aromatic heterocycles. The first-order valence-corrected chi connectivity index (χ1v) is 11.6. The molecule has 1 heterocycles. The monoisotopic (exact) mass is 511 g/mol. The second-order valence-electron chi connectivity index (χ2n) is 7.37. The summed E-state index contributed by atoms with van der Waals surface area (Å²) in [6, 6.07) is 21.8. The molecule has 4 aromatic rings. The average molecular weight is 512 g/mol. The fraction of sp³-hybridized carbons (Fsp3) is 0.120. The van der Waals surface area contributed by atoms with Crippen LogP contribution in [-0.4, -0.2) is 39.7 Å². The number of aromatic nitrogens is 3. The Labute approximate surface area is 209 Å². The predicted molar refractivity (Wildman–Crippen MR) is 131 cm³/mol. The van der Waals surface area contributed by atoms with Crippen molar-refractivity contribution >= 4 is 23.9 Å². The Hall–Kier alpha value is -4.12. The van der Waals surface area contributed by atoms with Crippen LogP contribution in [0.15, 0.2) is 89.1 Å². The number of thioether (sulfide) groups is 1. The molecule has 3 aromatic carbocycles. The molecule has 0 aliphatic heterocycles. The second kappa shape index (κ2) is 11.1. The first-order chi connectivity index (χ1) is 17.4. The number of hydrogen-bond acceptors (Lipinski definition) is 6. The molecule has 36 heavy (non-hydrogen) atoms. The minimum atomic E-state index is -4.52. The fourth-order valence-electron chi connectivity index (χ4n) is 3.31. The molecule has 0 saturated heterocycles. The van der Waals surface area contributed by atoms with Crippen molar-refractivity contribution in [3.05, 3.63) is 90.0 Å². The minimum absolute atomic E-state index is 0.0820. The lowest BCUT2D eigenvalue weighted by Crippen LogP contribution is -2.20. The number of amides is 1. The number of carbonyl (C=O) groups is 1. The van der Waals surface area contributed by atoms with Gasteiger partial charge in [-0.3, -0.25) is 9.36 Å². The second-order valence-corrected chi connectivity index (χ2v) is 8.32. The van der Waals surface area contributed by atoms with Crippen molar-refractivity contribution < 1.29 is 22.7 Å². The highest BCUT2D eigenvalue weighted by Crippen LogP contribution is 2.31. The predicted octanol–water partition coefficient (Wildman–Crippen LogP) is 5.20. The molecule has 0 saturated carbocycles. The summed E-state index contributed by atoms with van der Waals surface area (Å²) in [6.07, 6.45) is -3.55. The quantitative estimate of drug-likeness (QED) is 0.200. The maximum Gasteiger partial charge on any atom is 0.417 e. The summed E-state index contributed by atoms with van der Waals surface area (Å²) in [5.41, 5.74) is 2.88. The molecule has 1 N–H and O–H groups in total. The van der Waals surface area contributed by atoms with Crippen LogP contribution in [0.25, 0.3) is 17.1 Å². The molecule has 7 nitrogen and oxygen atoms in total. The summed E-state index contributed by atoms with van der Waals surface area (Å²) in [4.78, 5) is 12.4. The molecular weight excluding hydrogens is 491 g/mol. The van der Waals surface area contributed by atoms with E-state index in [9.17, 15) is 18.0 Å². The zero-order valence-corrected chi connectivity index (χ0v) is 19.8. The van der Waals surface area contributed by atoms with Crippen molar-refractivity contribution in [2.24, 2.45) is 5.10 Å². The van der Waals surface area contributed by atoms with Gasteiger partial charge in [0.1, 0.15) is 5.75 Å². The largest absolute Gasteiger partial charge is 0.497 e. The summed E-state index contributed by atoms with van der Waals surface area (Å²) >= 11 is 1.12. The van der Waals surface area contributed by atoms with E-state index in [4.69, 9.17) is 4.74 Å². The van der Waals surface area contributed by atoms with Gasteiger partial charge in [0.25, 0.3) is 5.91 Å². The van der Waals surface area contributed by atoms with Gasteiger partial charge in [-0.05, 0) is 30.3 Å². The van der Waals surface area contributed by atoms with Crippen molar-refractivity contribution in [3.63, 3.8) is 0 Å². The van der Waals surface area contributed by atoms with Crippen LogP contribution in [0.3, 0.4) is 0 Å². The summed E-state index contributed by atoms with van der Waals surface area (Å²) in [7, 11) is 1.58. The zero-order valence-electron chi connectivity index (χ0n) is 18.9. The fourth-order valence-corrected chi connectivity index (χ4v) is 4.05. The number of alkyl halides is 3. The summed E-state index contributed by atoms with van der Waals surface area (Å²) in [6.45, 7) is 0. The molecule has 1 amide bonds. The number of rotatable bonds is 8. The molecule has 0 unspecified atom stereocenters. The van der Waals surface area contributed by atoms with Gasteiger partial charge < -0.3 is 4.74 Å². The van der Waals surface area contributed by atoms with E-state index in [-0.39, 0.29) is 11.3 Å². The molecule has 0 bridgehead atoms. The highest BCUT2D eigenvalue weighted by atomic mass is 32.2. The van der Waals surface area contributed by atoms with E-state index in [2.05, 4.69) is 20.7 Å². The summed E-state index contributed by atoms with van der Waals surface area (Å²) in [5, 5.41) is 12.7. The molecule has 0 atom stereocenters. The van der Waals surface area contributed by atoms with E-state index in [1.807, 2.05) is 47.0 Å². The van der Waals surface area contributed by atoms with E-state index in [0.717, 1.165) is 35.3 Å². The van der Waals surface area contributed by atoms with Crippen molar-refractivity contribution in [1.29, 1.82) is 0 Å². The molecule has 0 spiro atoms. The minimum Gasteiger partial charge on any atom is -0.497 e. The van der Waals surface area contributed by atoms with Crippen LogP contribution in [0.5, 0.6) is 5.75 Å². The van der Waals surface area contributed by atoms with Gasteiger partial charge in [0.15, 0.2) is 11.0 Å². The molecule has 4 rings (SSSR count). The van der Waals surface area contributed by atoms with Gasteiger partial charge in [0, 0.05) is 16.8 Å². The maximum absolute atomic E-state index is 13.1. The molecule has 11 heteroatoms. The Kier molecular flexibility index (Phi) is 7.69. The van der Waals surface area contributed by atoms with Crippen molar-refractivity contribution in [2.75, 3.05) is 12.9 Å². The lowest BCUT2D eigenvalue weighted by atomic mass is 10.1.